The Bertz CT molecular complexity index is 1040. The molecule has 4 aromatic rings. The van der Waals surface area contributed by atoms with E-state index in [4.69, 9.17) is 4.42 Å². The lowest BCUT2D eigenvalue weighted by Gasteiger charge is -2.09. The largest absolute Gasteiger partial charge is 0.461 e. The normalized spacial score (nSPS) is 11.0. The molecule has 4 rings (SSSR count). The van der Waals surface area contributed by atoms with Crippen LogP contribution < -0.4 is 0 Å². The molecule has 136 valence electrons. The van der Waals surface area contributed by atoms with Crippen LogP contribution in [0.1, 0.15) is 15.2 Å². The highest BCUT2D eigenvalue weighted by Gasteiger charge is 2.18. The Morgan fingerprint density at radius 3 is 2.67 bits per heavy atom. The van der Waals surface area contributed by atoms with Crippen LogP contribution in [0, 0.1) is 0 Å². The van der Waals surface area contributed by atoms with Crippen molar-refractivity contribution in [1.29, 1.82) is 0 Å². The van der Waals surface area contributed by atoms with E-state index >= 15 is 0 Å². The van der Waals surface area contributed by atoms with Gasteiger partial charge in [0.2, 0.25) is 5.82 Å². The summed E-state index contributed by atoms with van der Waals surface area (Å²) in [6.07, 6.45) is 1.61. The number of Topliss-reactive ketones (excluding diaryl/α,β-unsaturated/α-hetero) is 1. The third-order valence-electron chi connectivity index (χ3n) is 3.82. The van der Waals surface area contributed by atoms with Crippen LogP contribution in [0.15, 0.2) is 74.2 Å². The van der Waals surface area contributed by atoms with Crippen molar-refractivity contribution in [2.75, 3.05) is 5.75 Å². The van der Waals surface area contributed by atoms with E-state index in [1.807, 2.05) is 47.0 Å². The number of benzene rings is 1. The van der Waals surface area contributed by atoms with Crippen LogP contribution >= 0.6 is 39.0 Å². The zero-order chi connectivity index (χ0) is 18.6. The van der Waals surface area contributed by atoms with Crippen LogP contribution in [0.2, 0.25) is 0 Å². The summed E-state index contributed by atoms with van der Waals surface area (Å²) < 4.78 is 8.44. The minimum atomic E-state index is 0.0736. The predicted octanol–water partition coefficient (Wildman–Crippen LogP) is 5.39. The van der Waals surface area contributed by atoms with Gasteiger partial charge in [-0.2, -0.15) is 0 Å². The van der Waals surface area contributed by atoms with Crippen molar-refractivity contribution < 1.29 is 9.21 Å². The summed E-state index contributed by atoms with van der Waals surface area (Å²) in [5, 5.41) is 9.28. The van der Waals surface area contributed by atoms with E-state index in [0.29, 0.717) is 29.0 Å². The Hall–Kier alpha value is -2.16. The van der Waals surface area contributed by atoms with Crippen LogP contribution in [0.25, 0.3) is 11.6 Å². The summed E-state index contributed by atoms with van der Waals surface area (Å²) in [7, 11) is 0. The number of aromatic nitrogens is 3. The monoisotopic (exact) mass is 459 g/mol. The molecule has 3 aromatic heterocycles. The number of carbonyl (C=O) groups is 1. The molecule has 0 N–H and O–H groups in total. The molecular formula is C19H14BrN3O2S2. The van der Waals surface area contributed by atoms with E-state index in [1.165, 1.54) is 23.1 Å². The maximum absolute atomic E-state index is 12.4. The van der Waals surface area contributed by atoms with Gasteiger partial charge in [-0.15, -0.1) is 21.5 Å². The number of halogens is 1. The van der Waals surface area contributed by atoms with Crippen LogP contribution in [0.5, 0.6) is 0 Å². The Kier molecular flexibility index (Phi) is 5.56. The number of thioether (sulfide) groups is 1. The molecule has 1 aromatic carbocycles. The number of hydrogen-bond acceptors (Lipinski definition) is 6. The third-order valence-corrected chi connectivity index (χ3v) is 6.45. The molecule has 5 nitrogen and oxygen atoms in total. The number of thiophene rings is 1. The van der Waals surface area contributed by atoms with Crippen LogP contribution in [-0.4, -0.2) is 26.3 Å². The molecule has 0 atom stereocenters. The van der Waals surface area contributed by atoms with Gasteiger partial charge < -0.3 is 4.42 Å². The highest BCUT2D eigenvalue weighted by Crippen LogP contribution is 2.28. The van der Waals surface area contributed by atoms with Gasteiger partial charge in [0, 0.05) is 0 Å². The standard InChI is InChI=1S/C19H14BrN3O2S2/c20-17-9-8-16(27-17)14(24)12-26-19-22-21-18(15-7-4-10-25-15)23(19)11-13-5-2-1-3-6-13/h1-10H,11-12H2. The fraction of sp³-hybridized carbons (Fsp3) is 0.105. The molecule has 0 fully saturated rings. The van der Waals surface area contributed by atoms with Crippen LogP contribution in [0.3, 0.4) is 0 Å². The summed E-state index contributed by atoms with van der Waals surface area (Å²) in [6.45, 7) is 0.602. The molecule has 0 bridgehead atoms. The Morgan fingerprint density at radius 2 is 1.96 bits per heavy atom. The smallest absolute Gasteiger partial charge is 0.200 e. The molecule has 0 aliphatic heterocycles. The van der Waals surface area contributed by atoms with Crippen molar-refractivity contribution in [3.63, 3.8) is 0 Å². The van der Waals surface area contributed by atoms with Gasteiger partial charge in [0.1, 0.15) is 0 Å². The highest BCUT2D eigenvalue weighted by atomic mass is 79.9. The van der Waals surface area contributed by atoms with E-state index in [-0.39, 0.29) is 5.78 Å². The molecule has 27 heavy (non-hydrogen) atoms. The zero-order valence-corrected chi connectivity index (χ0v) is 17.3. The fourth-order valence-corrected chi connectivity index (χ4v) is 4.79. The summed E-state index contributed by atoms with van der Waals surface area (Å²) >= 11 is 6.22. The lowest BCUT2D eigenvalue weighted by Crippen LogP contribution is -2.06. The van der Waals surface area contributed by atoms with Crippen molar-refractivity contribution in [1.82, 2.24) is 14.8 Å². The Morgan fingerprint density at radius 1 is 1.11 bits per heavy atom. The molecule has 0 aliphatic rings. The molecule has 0 unspecified atom stereocenters. The SMILES string of the molecule is O=C(CSc1nnc(-c2ccco2)n1Cc1ccccc1)c1ccc(Br)s1. The van der Waals surface area contributed by atoms with Gasteiger partial charge in [0.25, 0.3) is 0 Å². The minimum absolute atomic E-state index is 0.0736. The highest BCUT2D eigenvalue weighted by molar-refractivity contribution is 9.11. The number of hydrogen-bond donors (Lipinski definition) is 0. The first-order valence-electron chi connectivity index (χ1n) is 8.13. The number of rotatable bonds is 7. The minimum Gasteiger partial charge on any atom is -0.461 e. The molecule has 0 saturated carbocycles. The average molecular weight is 460 g/mol. The van der Waals surface area contributed by atoms with Crippen molar-refractivity contribution in [3.05, 3.63) is 75.1 Å². The molecule has 0 amide bonds. The van der Waals surface area contributed by atoms with Gasteiger partial charge in [-0.3, -0.25) is 9.36 Å². The quantitative estimate of drug-likeness (QED) is 0.274. The van der Waals surface area contributed by atoms with Crippen LogP contribution in [-0.2, 0) is 6.54 Å². The van der Waals surface area contributed by atoms with E-state index in [2.05, 4.69) is 38.3 Å². The van der Waals surface area contributed by atoms with Crippen molar-refractivity contribution in [2.24, 2.45) is 0 Å². The number of carbonyl (C=O) groups excluding carboxylic acids is 1. The van der Waals surface area contributed by atoms with Gasteiger partial charge in [0.05, 0.1) is 27.2 Å². The Balaban J connectivity index is 1.59. The Labute approximate surface area is 172 Å². The summed E-state index contributed by atoms with van der Waals surface area (Å²) in [4.78, 5) is 13.2. The van der Waals surface area contributed by atoms with Gasteiger partial charge in [-0.25, -0.2) is 0 Å². The second kappa shape index (κ2) is 8.24. The van der Waals surface area contributed by atoms with Gasteiger partial charge in [-0.05, 0) is 45.8 Å². The summed E-state index contributed by atoms with van der Waals surface area (Å²) in [6, 6.07) is 17.5. The lowest BCUT2D eigenvalue weighted by molar-refractivity contribution is 0.102. The predicted molar refractivity (Wildman–Crippen MR) is 110 cm³/mol. The van der Waals surface area contributed by atoms with Crippen molar-refractivity contribution in [3.8, 4) is 11.6 Å². The molecule has 0 radical (unpaired) electrons. The molecule has 0 saturated heterocycles. The van der Waals surface area contributed by atoms with E-state index < -0.39 is 0 Å². The zero-order valence-electron chi connectivity index (χ0n) is 14.0. The van der Waals surface area contributed by atoms with Crippen molar-refractivity contribution >= 4 is 44.8 Å². The third kappa shape index (κ3) is 4.23. The first kappa shape index (κ1) is 18.2. The maximum atomic E-state index is 12.4. The summed E-state index contributed by atoms with van der Waals surface area (Å²) in [5.41, 5.74) is 1.13. The lowest BCUT2D eigenvalue weighted by atomic mass is 10.2. The van der Waals surface area contributed by atoms with Gasteiger partial charge >= 0.3 is 0 Å². The molecule has 0 aliphatic carbocycles. The first-order valence-corrected chi connectivity index (χ1v) is 10.7. The van der Waals surface area contributed by atoms with E-state index in [0.717, 1.165) is 14.2 Å². The van der Waals surface area contributed by atoms with E-state index in [1.54, 1.807) is 6.26 Å². The summed E-state index contributed by atoms with van der Waals surface area (Å²) in [5.74, 6) is 1.68. The molecule has 3 heterocycles. The average Bonchev–Trinajstić information content (AvgIpc) is 3.42. The molecule has 0 spiro atoms. The number of furan rings is 1. The van der Waals surface area contributed by atoms with Gasteiger partial charge in [0.15, 0.2) is 16.7 Å². The second-order valence-electron chi connectivity index (χ2n) is 5.67. The fourth-order valence-electron chi connectivity index (χ4n) is 2.56. The van der Waals surface area contributed by atoms with Crippen molar-refractivity contribution in [2.45, 2.75) is 11.7 Å². The molecule has 8 heteroatoms. The topological polar surface area (TPSA) is 60.9 Å². The van der Waals surface area contributed by atoms with Gasteiger partial charge in [-0.1, -0.05) is 42.1 Å². The second-order valence-corrected chi connectivity index (χ2v) is 9.08. The van der Waals surface area contributed by atoms with E-state index in [9.17, 15) is 4.79 Å². The molecular weight excluding hydrogens is 446 g/mol. The first-order chi connectivity index (χ1) is 13.2. The number of nitrogens with zero attached hydrogens (tertiary/aromatic N) is 3. The van der Waals surface area contributed by atoms with Crippen LogP contribution in [0.4, 0.5) is 0 Å². The maximum Gasteiger partial charge on any atom is 0.200 e. The number of ketones is 1.